The van der Waals surface area contributed by atoms with E-state index in [0.29, 0.717) is 17.0 Å². The molecule has 0 aliphatic rings. The smallest absolute Gasteiger partial charge is 0.336 e. The first-order valence-corrected chi connectivity index (χ1v) is 10.0. The van der Waals surface area contributed by atoms with Crippen LogP contribution in [-0.2, 0) is 4.79 Å². The topological polar surface area (TPSA) is 73.1 Å². The monoisotopic (exact) mass is 433 g/mol. The fraction of sp³-hybridized carbons (Fsp3) is 0.286. The van der Waals surface area contributed by atoms with Gasteiger partial charge in [0.15, 0.2) is 0 Å². The largest absolute Gasteiger partial charge is 0.352 e. The Balaban J connectivity index is 2.44. The van der Waals surface area contributed by atoms with Crippen molar-refractivity contribution >= 4 is 40.0 Å². The summed E-state index contributed by atoms with van der Waals surface area (Å²) < 4.78 is 2.33. The second kappa shape index (κ2) is 8.43. The number of fused-ring (bicyclic) bond motifs is 1. The van der Waals surface area contributed by atoms with Crippen LogP contribution < -0.4 is 16.6 Å². The Morgan fingerprint density at radius 2 is 1.79 bits per heavy atom. The van der Waals surface area contributed by atoms with Crippen molar-refractivity contribution in [3.63, 3.8) is 0 Å². The third kappa shape index (κ3) is 3.95. The van der Waals surface area contributed by atoms with Crippen LogP contribution in [0.3, 0.4) is 0 Å². The maximum atomic E-state index is 13.5. The second-order valence-corrected chi connectivity index (χ2v) is 7.84. The van der Waals surface area contributed by atoms with E-state index in [-0.39, 0.29) is 28.0 Å². The molecule has 0 spiro atoms. The van der Waals surface area contributed by atoms with Crippen LogP contribution in [0.1, 0.15) is 33.2 Å². The second-order valence-electron chi connectivity index (χ2n) is 6.99. The highest BCUT2D eigenvalue weighted by Crippen LogP contribution is 2.23. The lowest BCUT2D eigenvalue weighted by molar-refractivity contribution is -0.124. The quantitative estimate of drug-likeness (QED) is 0.661. The molecule has 3 aromatic rings. The van der Waals surface area contributed by atoms with Gasteiger partial charge in [-0.2, -0.15) is 0 Å². The van der Waals surface area contributed by atoms with E-state index in [1.807, 2.05) is 13.8 Å². The first-order chi connectivity index (χ1) is 13.8. The van der Waals surface area contributed by atoms with E-state index in [1.54, 1.807) is 43.3 Å². The van der Waals surface area contributed by atoms with Crippen molar-refractivity contribution < 1.29 is 4.79 Å². The van der Waals surface area contributed by atoms with Crippen LogP contribution in [-0.4, -0.2) is 21.1 Å². The Morgan fingerprint density at radius 3 is 2.41 bits per heavy atom. The summed E-state index contributed by atoms with van der Waals surface area (Å²) in [5.41, 5.74) is -0.607. The van der Waals surface area contributed by atoms with Gasteiger partial charge in [-0.15, -0.1) is 0 Å². The number of rotatable bonds is 5. The van der Waals surface area contributed by atoms with Crippen molar-refractivity contribution in [1.29, 1.82) is 0 Å². The number of nitrogens with zero attached hydrogens (tertiary/aromatic N) is 2. The molecule has 0 radical (unpaired) electrons. The van der Waals surface area contributed by atoms with Gasteiger partial charge >= 0.3 is 5.69 Å². The molecular weight excluding hydrogens is 413 g/mol. The molecule has 152 valence electrons. The molecule has 6 nitrogen and oxygen atoms in total. The lowest BCUT2D eigenvalue weighted by atomic mass is 10.1. The summed E-state index contributed by atoms with van der Waals surface area (Å²) in [4.78, 5) is 39.5. The summed E-state index contributed by atoms with van der Waals surface area (Å²) in [6, 6.07) is 10.3. The molecule has 0 bridgehead atoms. The van der Waals surface area contributed by atoms with Crippen LogP contribution in [0.2, 0.25) is 10.0 Å². The molecule has 1 N–H and O–H groups in total. The van der Waals surface area contributed by atoms with Gasteiger partial charge in [0.25, 0.3) is 5.56 Å². The van der Waals surface area contributed by atoms with Crippen molar-refractivity contribution in [3.05, 3.63) is 73.3 Å². The molecule has 1 amide bonds. The van der Waals surface area contributed by atoms with E-state index in [9.17, 15) is 14.4 Å². The van der Waals surface area contributed by atoms with Gasteiger partial charge in [-0.25, -0.2) is 9.36 Å². The van der Waals surface area contributed by atoms with Gasteiger partial charge in [-0.3, -0.25) is 14.2 Å². The normalized spacial score (nSPS) is 12.3. The molecule has 0 aliphatic carbocycles. The number of hydrogen-bond acceptors (Lipinski definition) is 3. The summed E-state index contributed by atoms with van der Waals surface area (Å²) >= 11 is 12.4. The molecule has 1 unspecified atom stereocenters. The van der Waals surface area contributed by atoms with Gasteiger partial charge in [0.2, 0.25) is 5.91 Å². The maximum absolute atomic E-state index is 13.5. The Labute approximate surface area is 177 Å². The Morgan fingerprint density at radius 1 is 1.10 bits per heavy atom. The van der Waals surface area contributed by atoms with Gasteiger partial charge < -0.3 is 5.32 Å². The number of hydrogen-bond donors (Lipinski definition) is 1. The van der Waals surface area contributed by atoms with Crippen LogP contribution in [0.25, 0.3) is 16.6 Å². The Hall–Kier alpha value is -2.57. The standard InChI is InChI=1S/C21H21Cl2N3O3/c1-4-16(19(27)24-12(2)3)25-18-11-13(22)9-10-14(18)20(28)26(21(25)29)17-8-6-5-7-15(17)23/h5-12,16H,4H2,1-3H3,(H,24,27). The number of aromatic nitrogens is 2. The number of carbonyl (C=O) groups is 1. The first kappa shape index (κ1) is 21.1. The van der Waals surface area contributed by atoms with Crippen LogP contribution in [0.4, 0.5) is 0 Å². The summed E-state index contributed by atoms with van der Waals surface area (Å²) in [5.74, 6) is -0.310. The highest BCUT2D eigenvalue weighted by Gasteiger charge is 2.26. The zero-order valence-corrected chi connectivity index (χ0v) is 17.8. The molecule has 1 aromatic heterocycles. The van der Waals surface area contributed by atoms with Gasteiger partial charge in [0.1, 0.15) is 6.04 Å². The molecule has 1 heterocycles. The number of para-hydroxylation sites is 1. The fourth-order valence-corrected chi connectivity index (χ4v) is 3.70. The van der Waals surface area contributed by atoms with E-state index >= 15 is 0 Å². The van der Waals surface area contributed by atoms with Crippen molar-refractivity contribution in [3.8, 4) is 5.69 Å². The number of carbonyl (C=O) groups excluding carboxylic acids is 1. The zero-order chi connectivity index (χ0) is 21.3. The third-order valence-electron chi connectivity index (χ3n) is 4.58. The average molecular weight is 434 g/mol. The van der Waals surface area contributed by atoms with E-state index < -0.39 is 17.3 Å². The van der Waals surface area contributed by atoms with Crippen molar-refractivity contribution in [2.24, 2.45) is 0 Å². The summed E-state index contributed by atoms with van der Waals surface area (Å²) in [5, 5.41) is 3.72. The van der Waals surface area contributed by atoms with Crippen molar-refractivity contribution in [2.75, 3.05) is 0 Å². The number of halogens is 2. The van der Waals surface area contributed by atoms with E-state index in [2.05, 4.69) is 5.32 Å². The minimum absolute atomic E-state index is 0.100. The highest BCUT2D eigenvalue weighted by atomic mass is 35.5. The Kier molecular flexibility index (Phi) is 6.15. The zero-order valence-electron chi connectivity index (χ0n) is 16.3. The van der Waals surface area contributed by atoms with Gasteiger partial charge in [-0.05, 0) is 50.6 Å². The third-order valence-corrected chi connectivity index (χ3v) is 5.13. The summed E-state index contributed by atoms with van der Waals surface area (Å²) in [7, 11) is 0. The van der Waals surface area contributed by atoms with Gasteiger partial charge in [0, 0.05) is 11.1 Å². The van der Waals surface area contributed by atoms with Gasteiger partial charge in [-0.1, -0.05) is 42.3 Å². The molecule has 0 aliphatic heterocycles. The van der Waals surface area contributed by atoms with E-state index in [1.165, 1.54) is 10.6 Å². The summed E-state index contributed by atoms with van der Waals surface area (Å²) in [6.45, 7) is 5.48. The molecule has 0 fully saturated rings. The van der Waals surface area contributed by atoms with E-state index in [0.717, 1.165) is 4.57 Å². The minimum Gasteiger partial charge on any atom is -0.352 e. The van der Waals surface area contributed by atoms with Crippen LogP contribution in [0.15, 0.2) is 52.1 Å². The van der Waals surface area contributed by atoms with Crippen LogP contribution in [0, 0.1) is 0 Å². The number of benzene rings is 2. The maximum Gasteiger partial charge on any atom is 0.336 e. The average Bonchev–Trinajstić information content (AvgIpc) is 2.65. The van der Waals surface area contributed by atoms with Crippen molar-refractivity contribution in [1.82, 2.24) is 14.5 Å². The SMILES string of the molecule is CCC(C(=O)NC(C)C)n1c(=O)n(-c2ccccc2Cl)c(=O)c2ccc(Cl)cc21. The molecular formula is C21H21Cl2N3O3. The lowest BCUT2D eigenvalue weighted by Gasteiger charge is -2.23. The predicted octanol–water partition coefficient (Wildman–Crippen LogP) is 3.93. The Bertz CT molecular complexity index is 1200. The predicted molar refractivity (Wildman–Crippen MR) is 116 cm³/mol. The number of nitrogens with one attached hydrogen (secondary N) is 1. The molecule has 8 heteroatoms. The molecule has 1 atom stereocenters. The van der Waals surface area contributed by atoms with E-state index in [4.69, 9.17) is 23.2 Å². The first-order valence-electron chi connectivity index (χ1n) is 9.28. The molecule has 0 saturated heterocycles. The fourth-order valence-electron chi connectivity index (χ4n) is 3.32. The van der Waals surface area contributed by atoms with Gasteiger partial charge in [0.05, 0.1) is 21.6 Å². The molecule has 29 heavy (non-hydrogen) atoms. The molecule has 2 aromatic carbocycles. The number of amides is 1. The minimum atomic E-state index is -0.819. The lowest BCUT2D eigenvalue weighted by Crippen LogP contribution is -2.45. The van der Waals surface area contributed by atoms with Crippen molar-refractivity contribution in [2.45, 2.75) is 39.3 Å². The summed E-state index contributed by atoms with van der Waals surface area (Å²) in [6.07, 6.45) is 0.348. The van der Waals surface area contributed by atoms with Crippen LogP contribution in [0.5, 0.6) is 0 Å². The molecule has 3 rings (SSSR count). The molecule has 0 saturated carbocycles. The highest BCUT2D eigenvalue weighted by molar-refractivity contribution is 6.32. The van der Waals surface area contributed by atoms with Crippen LogP contribution >= 0.6 is 23.2 Å².